The molecule has 0 bridgehead atoms. The van der Waals surface area contributed by atoms with E-state index in [2.05, 4.69) is 14.9 Å². The van der Waals surface area contributed by atoms with Gasteiger partial charge in [-0.15, -0.1) is 0 Å². The number of nitrogen functional groups attached to an aromatic ring is 1. The van der Waals surface area contributed by atoms with Gasteiger partial charge >= 0.3 is 0 Å². The highest BCUT2D eigenvalue weighted by molar-refractivity contribution is 5.78. The summed E-state index contributed by atoms with van der Waals surface area (Å²) in [4.78, 5) is 22.4. The van der Waals surface area contributed by atoms with Crippen LogP contribution in [0.3, 0.4) is 0 Å². The Morgan fingerprint density at radius 2 is 2.05 bits per heavy atom. The average Bonchev–Trinajstić information content (AvgIpc) is 3.09. The third-order valence-electron chi connectivity index (χ3n) is 4.01. The lowest BCUT2D eigenvalue weighted by atomic mass is 10.1. The summed E-state index contributed by atoms with van der Waals surface area (Å²) in [7, 11) is 0. The number of hydrogen-bond donors (Lipinski definition) is 2. The minimum absolute atomic E-state index is 0.0834. The number of nitrogens with two attached hydrogens (primary N) is 2. The fourth-order valence-electron chi connectivity index (χ4n) is 2.56. The number of aromatic nitrogens is 2. The van der Waals surface area contributed by atoms with Crippen molar-refractivity contribution >= 4 is 17.5 Å². The maximum atomic E-state index is 11.3. The molecule has 1 saturated heterocycles. The van der Waals surface area contributed by atoms with Crippen molar-refractivity contribution in [2.24, 2.45) is 11.7 Å². The molecular weight excluding hydrogens is 242 g/mol. The largest absolute Gasteiger partial charge is 0.383 e. The van der Waals surface area contributed by atoms with Crippen LogP contribution in [0.4, 0.5) is 11.6 Å². The average molecular weight is 261 g/mol. The first-order valence-electron chi connectivity index (χ1n) is 6.74. The summed E-state index contributed by atoms with van der Waals surface area (Å²) in [5.41, 5.74) is 12.2. The van der Waals surface area contributed by atoms with Gasteiger partial charge in [-0.1, -0.05) is 0 Å². The first-order valence-corrected chi connectivity index (χ1v) is 6.74. The van der Waals surface area contributed by atoms with Crippen molar-refractivity contribution in [3.63, 3.8) is 0 Å². The molecule has 0 aromatic carbocycles. The number of hydrogen-bond acceptors (Lipinski definition) is 5. The second-order valence-electron chi connectivity index (χ2n) is 5.52. The second kappa shape index (κ2) is 4.36. The molecule has 102 valence electrons. The number of rotatable bonds is 3. The van der Waals surface area contributed by atoms with E-state index >= 15 is 0 Å². The predicted molar refractivity (Wildman–Crippen MR) is 72.7 cm³/mol. The number of amides is 1. The first-order chi connectivity index (χ1) is 9.06. The zero-order chi connectivity index (χ0) is 13.6. The molecule has 2 aliphatic rings. The van der Waals surface area contributed by atoms with Gasteiger partial charge in [-0.25, -0.2) is 9.97 Å². The van der Waals surface area contributed by atoms with Gasteiger partial charge in [0.25, 0.3) is 0 Å². The number of carbonyl (C=O) groups excluding carboxylic acids is 1. The van der Waals surface area contributed by atoms with E-state index < -0.39 is 0 Å². The van der Waals surface area contributed by atoms with E-state index in [0.717, 1.165) is 43.0 Å². The van der Waals surface area contributed by atoms with Crippen LogP contribution in [0, 0.1) is 12.8 Å². The Hall–Kier alpha value is -1.85. The van der Waals surface area contributed by atoms with Gasteiger partial charge < -0.3 is 16.4 Å². The minimum Gasteiger partial charge on any atom is -0.383 e. The van der Waals surface area contributed by atoms with E-state index in [4.69, 9.17) is 11.5 Å². The highest BCUT2D eigenvalue weighted by Crippen LogP contribution is 2.40. The third kappa shape index (κ3) is 2.22. The first kappa shape index (κ1) is 12.2. The van der Waals surface area contributed by atoms with Crippen LogP contribution in [-0.2, 0) is 4.79 Å². The molecule has 1 aromatic heterocycles. The van der Waals surface area contributed by atoms with E-state index in [1.165, 1.54) is 0 Å². The van der Waals surface area contributed by atoms with E-state index in [1.54, 1.807) is 0 Å². The van der Waals surface area contributed by atoms with Crippen molar-refractivity contribution in [1.82, 2.24) is 9.97 Å². The molecule has 6 nitrogen and oxygen atoms in total. The van der Waals surface area contributed by atoms with E-state index in [1.807, 2.05) is 6.92 Å². The monoisotopic (exact) mass is 261 g/mol. The van der Waals surface area contributed by atoms with Gasteiger partial charge in [0.2, 0.25) is 5.91 Å². The number of carbonyl (C=O) groups is 1. The van der Waals surface area contributed by atoms with Crippen LogP contribution in [-0.4, -0.2) is 29.0 Å². The Morgan fingerprint density at radius 3 is 2.63 bits per heavy atom. The Balaban J connectivity index is 1.89. The highest BCUT2D eigenvalue weighted by Gasteiger charge is 2.32. The zero-order valence-corrected chi connectivity index (χ0v) is 11.1. The normalized spacial score (nSPS) is 22.8. The van der Waals surface area contributed by atoms with Crippen LogP contribution < -0.4 is 16.4 Å². The maximum absolute atomic E-state index is 11.3. The van der Waals surface area contributed by atoms with Crippen molar-refractivity contribution in [3.8, 4) is 0 Å². The minimum atomic E-state index is -0.232. The lowest BCUT2D eigenvalue weighted by Crippen LogP contribution is -2.28. The van der Waals surface area contributed by atoms with Gasteiger partial charge in [-0.05, 0) is 26.2 Å². The zero-order valence-electron chi connectivity index (χ0n) is 11.1. The standard InChI is InChI=1S/C13H19N5O/c1-7-10(14)16-12(8-2-3-8)17-13(7)18-5-4-9(6-18)11(15)19/h8-9H,2-6H2,1H3,(H2,15,19)(H2,14,16,17). The molecule has 2 heterocycles. The van der Waals surface area contributed by atoms with Crippen LogP contribution in [0.2, 0.25) is 0 Å². The van der Waals surface area contributed by atoms with Gasteiger partial charge in [0.1, 0.15) is 17.5 Å². The maximum Gasteiger partial charge on any atom is 0.222 e. The Labute approximate surface area is 112 Å². The Bertz CT molecular complexity index is 526. The molecule has 1 saturated carbocycles. The molecule has 2 fully saturated rings. The molecule has 3 rings (SSSR count). The molecule has 1 unspecified atom stereocenters. The molecule has 6 heteroatoms. The quantitative estimate of drug-likeness (QED) is 0.828. The van der Waals surface area contributed by atoms with Crippen LogP contribution in [0.15, 0.2) is 0 Å². The molecule has 19 heavy (non-hydrogen) atoms. The summed E-state index contributed by atoms with van der Waals surface area (Å²) in [6.45, 7) is 3.37. The van der Waals surface area contributed by atoms with Crippen molar-refractivity contribution < 1.29 is 4.79 Å². The molecule has 1 amide bonds. The summed E-state index contributed by atoms with van der Waals surface area (Å²) < 4.78 is 0. The van der Waals surface area contributed by atoms with Crippen LogP contribution >= 0.6 is 0 Å². The van der Waals surface area contributed by atoms with Crippen LogP contribution in [0.5, 0.6) is 0 Å². The van der Waals surface area contributed by atoms with E-state index in [-0.39, 0.29) is 11.8 Å². The molecule has 0 radical (unpaired) electrons. The fraction of sp³-hybridized carbons (Fsp3) is 0.615. The summed E-state index contributed by atoms with van der Waals surface area (Å²) in [5, 5.41) is 0. The molecular formula is C13H19N5O. The van der Waals surface area contributed by atoms with Crippen LogP contribution in [0.25, 0.3) is 0 Å². The fourth-order valence-corrected chi connectivity index (χ4v) is 2.56. The molecule has 4 N–H and O–H groups in total. The summed E-state index contributed by atoms with van der Waals surface area (Å²) in [6, 6.07) is 0. The van der Waals surface area contributed by atoms with Gasteiger partial charge in [-0.3, -0.25) is 4.79 Å². The molecule has 0 spiro atoms. The lowest BCUT2D eigenvalue weighted by Gasteiger charge is -2.20. The van der Waals surface area contributed by atoms with Crippen molar-refractivity contribution in [2.45, 2.75) is 32.1 Å². The summed E-state index contributed by atoms with van der Waals surface area (Å²) in [5.74, 6) is 2.42. The van der Waals surface area contributed by atoms with Crippen LogP contribution in [0.1, 0.15) is 36.6 Å². The van der Waals surface area contributed by atoms with Crippen molar-refractivity contribution in [3.05, 3.63) is 11.4 Å². The van der Waals surface area contributed by atoms with Gasteiger partial charge in [0.05, 0.1) is 5.92 Å². The molecule has 1 atom stereocenters. The smallest absolute Gasteiger partial charge is 0.222 e. The van der Waals surface area contributed by atoms with E-state index in [0.29, 0.717) is 18.3 Å². The predicted octanol–water partition coefficient (Wildman–Crippen LogP) is 0.556. The second-order valence-corrected chi connectivity index (χ2v) is 5.52. The van der Waals surface area contributed by atoms with Gasteiger partial charge in [0, 0.05) is 24.6 Å². The number of nitrogens with zero attached hydrogens (tertiary/aromatic N) is 3. The molecule has 1 aromatic rings. The topological polar surface area (TPSA) is 98.1 Å². The van der Waals surface area contributed by atoms with Gasteiger partial charge in [-0.2, -0.15) is 0 Å². The number of primary amides is 1. The summed E-state index contributed by atoms with van der Waals surface area (Å²) >= 11 is 0. The molecule has 1 aliphatic heterocycles. The van der Waals surface area contributed by atoms with Gasteiger partial charge in [0.15, 0.2) is 0 Å². The summed E-state index contributed by atoms with van der Waals surface area (Å²) in [6.07, 6.45) is 3.08. The SMILES string of the molecule is Cc1c(N)nc(C2CC2)nc1N1CCC(C(N)=O)C1. The number of anilines is 2. The third-order valence-corrected chi connectivity index (χ3v) is 4.01. The molecule has 1 aliphatic carbocycles. The lowest BCUT2D eigenvalue weighted by molar-refractivity contribution is -0.121. The van der Waals surface area contributed by atoms with E-state index in [9.17, 15) is 4.79 Å². The highest BCUT2D eigenvalue weighted by atomic mass is 16.1. The van der Waals surface area contributed by atoms with Crippen molar-refractivity contribution in [2.75, 3.05) is 23.7 Å². The Morgan fingerprint density at radius 1 is 1.32 bits per heavy atom. The Kier molecular flexibility index (Phi) is 2.80. The van der Waals surface area contributed by atoms with Crippen molar-refractivity contribution in [1.29, 1.82) is 0 Å².